The standard InChI is InChI=1S/C14H15ClN2O3/c1-8-11(13(18)20-3)12(16-14(19)17(8)2)9-6-4-5-7-10(9)15/h4-7,12H,1-3H3,(H,16,19). The minimum Gasteiger partial charge on any atom is -0.466 e. The van der Waals surface area contributed by atoms with Crippen molar-refractivity contribution in [3.63, 3.8) is 0 Å². The summed E-state index contributed by atoms with van der Waals surface area (Å²) in [6.07, 6.45) is 0. The molecule has 1 aromatic rings. The van der Waals surface area contributed by atoms with Gasteiger partial charge in [-0.3, -0.25) is 0 Å². The van der Waals surface area contributed by atoms with Crippen LogP contribution in [0.2, 0.25) is 5.02 Å². The van der Waals surface area contributed by atoms with Gasteiger partial charge in [-0.2, -0.15) is 0 Å². The third-order valence-electron chi connectivity index (χ3n) is 3.38. The Hall–Kier alpha value is -2.01. The Morgan fingerprint density at radius 3 is 2.65 bits per heavy atom. The van der Waals surface area contributed by atoms with Gasteiger partial charge >= 0.3 is 12.0 Å². The lowest BCUT2D eigenvalue weighted by molar-refractivity contribution is -0.136. The molecule has 1 aliphatic rings. The Morgan fingerprint density at radius 2 is 2.05 bits per heavy atom. The molecule has 2 rings (SSSR count). The number of urea groups is 1. The van der Waals surface area contributed by atoms with Crippen LogP contribution in [-0.4, -0.2) is 31.1 Å². The number of hydrogen-bond acceptors (Lipinski definition) is 3. The maximum atomic E-state index is 12.0. The molecule has 1 heterocycles. The summed E-state index contributed by atoms with van der Waals surface area (Å²) in [5.41, 5.74) is 1.59. The predicted molar refractivity (Wildman–Crippen MR) is 75.2 cm³/mol. The third kappa shape index (κ3) is 2.36. The van der Waals surface area contributed by atoms with Crippen LogP contribution in [0.1, 0.15) is 18.5 Å². The van der Waals surface area contributed by atoms with Crippen LogP contribution in [0.4, 0.5) is 4.79 Å². The van der Waals surface area contributed by atoms with Gasteiger partial charge < -0.3 is 15.0 Å². The summed E-state index contributed by atoms with van der Waals surface area (Å²) in [6, 6.07) is 6.17. The number of benzene rings is 1. The Morgan fingerprint density at radius 1 is 1.40 bits per heavy atom. The van der Waals surface area contributed by atoms with E-state index in [0.717, 1.165) is 0 Å². The van der Waals surface area contributed by atoms with Crippen LogP contribution in [0.25, 0.3) is 0 Å². The van der Waals surface area contributed by atoms with Gasteiger partial charge in [-0.1, -0.05) is 29.8 Å². The second-order valence-corrected chi connectivity index (χ2v) is 4.86. The zero-order chi connectivity index (χ0) is 14.9. The number of ether oxygens (including phenoxy) is 1. The van der Waals surface area contributed by atoms with E-state index in [1.807, 2.05) is 0 Å². The summed E-state index contributed by atoms with van der Waals surface area (Å²) in [4.78, 5) is 25.3. The van der Waals surface area contributed by atoms with Crippen LogP contribution in [0, 0.1) is 0 Å². The fraction of sp³-hybridized carbons (Fsp3) is 0.286. The fourth-order valence-corrected chi connectivity index (χ4v) is 2.40. The number of amides is 2. The number of rotatable bonds is 2. The van der Waals surface area contributed by atoms with E-state index >= 15 is 0 Å². The normalized spacial score (nSPS) is 18.9. The highest BCUT2D eigenvalue weighted by molar-refractivity contribution is 6.31. The molecule has 2 amide bonds. The number of carbonyl (C=O) groups is 2. The largest absolute Gasteiger partial charge is 0.466 e. The smallest absolute Gasteiger partial charge is 0.337 e. The van der Waals surface area contributed by atoms with Crippen molar-refractivity contribution in [2.24, 2.45) is 0 Å². The van der Waals surface area contributed by atoms with E-state index < -0.39 is 12.0 Å². The van der Waals surface area contributed by atoms with Gasteiger partial charge in [-0.15, -0.1) is 0 Å². The minimum absolute atomic E-state index is 0.292. The van der Waals surface area contributed by atoms with Crippen molar-refractivity contribution in [1.29, 1.82) is 0 Å². The summed E-state index contributed by atoms with van der Waals surface area (Å²) in [5, 5.41) is 3.25. The van der Waals surface area contributed by atoms with Crippen molar-refractivity contribution in [2.45, 2.75) is 13.0 Å². The number of methoxy groups -OCH3 is 1. The Kier molecular flexibility index (Phi) is 3.99. The zero-order valence-corrected chi connectivity index (χ0v) is 12.2. The first-order valence-electron chi connectivity index (χ1n) is 6.05. The van der Waals surface area contributed by atoms with Crippen LogP contribution in [0.5, 0.6) is 0 Å². The molecule has 0 fully saturated rings. The minimum atomic E-state index is -0.611. The van der Waals surface area contributed by atoms with Crippen molar-refractivity contribution in [3.05, 3.63) is 46.1 Å². The number of halogens is 1. The van der Waals surface area contributed by atoms with E-state index in [4.69, 9.17) is 16.3 Å². The molecular weight excluding hydrogens is 280 g/mol. The van der Waals surface area contributed by atoms with Crippen molar-refractivity contribution in [3.8, 4) is 0 Å². The van der Waals surface area contributed by atoms with E-state index in [-0.39, 0.29) is 6.03 Å². The summed E-state index contributed by atoms with van der Waals surface area (Å²) in [6.45, 7) is 1.70. The van der Waals surface area contributed by atoms with Crippen molar-refractivity contribution in [2.75, 3.05) is 14.2 Å². The molecule has 0 aromatic heterocycles. The molecule has 0 spiro atoms. The highest BCUT2D eigenvalue weighted by Gasteiger charge is 2.35. The van der Waals surface area contributed by atoms with Crippen LogP contribution in [-0.2, 0) is 9.53 Å². The maximum absolute atomic E-state index is 12.0. The number of esters is 1. The molecule has 0 radical (unpaired) electrons. The van der Waals surface area contributed by atoms with E-state index in [9.17, 15) is 9.59 Å². The van der Waals surface area contributed by atoms with Gasteiger partial charge in [0.05, 0.1) is 18.7 Å². The monoisotopic (exact) mass is 294 g/mol. The lowest BCUT2D eigenvalue weighted by atomic mass is 9.95. The molecule has 20 heavy (non-hydrogen) atoms. The fourth-order valence-electron chi connectivity index (χ4n) is 2.15. The van der Waals surface area contributed by atoms with Crippen molar-refractivity contribution < 1.29 is 14.3 Å². The molecule has 0 bridgehead atoms. The molecule has 1 aromatic carbocycles. The second-order valence-electron chi connectivity index (χ2n) is 4.45. The van der Waals surface area contributed by atoms with Crippen LogP contribution >= 0.6 is 11.6 Å². The van der Waals surface area contributed by atoms with Gasteiger partial charge in [0.25, 0.3) is 0 Å². The SMILES string of the molecule is COC(=O)C1=C(C)N(C)C(=O)NC1c1ccccc1Cl. The Bertz CT molecular complexity index is 598. The van der Waals surface area contributed by atoms with Gasteiger partial charge in [-0.25, -0.2) is 9.59 Å². The second kappa shape index (κ2) is 5.54. The maximum Gasteiger partial charge on any atom is 0.337 e. The average molecular weight is 295 g/mol. The average Bonchev–Trinajstić information content (AvgIpc) is 2.44. The van der Waals surface area contributed by atoms with Crippen molar-refractivity contribution >= 4 is 23.6 Å². The van der Waals surface area contributed by atoms with E-state index in [0.29, 0.717) is 21.9 Å². The van der Waals surface area contributed by atoms with Crippen LogP contribution in [0.15, 0.2) is 35.5 Å². The molecule has 0 saturated carbocycles. The van der Waals surface area contributed by atoms with E-state index in [2.05, 4.69) is 5.32 Å². The molecule has 0 saturated heterocycles. The number of nitrogens with one attached hydrogen (secondary N) is 1. The first kappa shape index (κ1) is 14.4. The van der Waals surface area contributed by atoms with Gasteiger partial charge in [0.2, 0.25) is 0 Å². The topological polar surface area (TPSA) is 58.6 Å². The number of nitrogens with zero attached hydrogens (tertiary/aromatic N) is 1. The molecular formula is C14H15ClN2O3. The lowest BCUT2D eigenvalue weighted by Gasteiger charge is -2.33. The van der Waals surface area contributed by atoms with Gasteiger partial charge in [0.15, 0.2) is 0 Å². The molecule has 1 atom stereocenters. The van der Waals surface area contributed by atoms with Crippen LogP contribution < -0.4 is 5.32 Å². The molecule has 1 unspecified atom stereocenters. The number of hydrogen-bond donors (Lipinski definition) is 1. The molecule has 6 heteroatoms. The molecule has 0 aliphatic carbocycles. The molecule has 1 N–H and O–H groups in total. The molecule has 1 aliphatic heterocycles. The van der Waals surface area contributed by atoms with E-state index in [1.54, 1.807) is 38.2 Å². The Labute approximate surface area is 122 Å². The summed E-state index contributed by atoms with van der Waals surface area (Å²) >= 11 is 6.16. The highest BCUT2D eigenvalue weighted by Crippen LogP contribution is 2.33. The molecule has 106 valence electrons. The summed E-state index contributed by atoms with van der Waals surface area (Å²) in [5.74, 6) is -0.487. The van der Waals surface area contributed by atoms with Gasteiger partial charge in [0, 0.05) is 17.8 Å². The Balaban J connectivity index is 2.58. The van der Waals surface area contributed by atoms with Gasteiger partial charge in [-0.05, 0) is 18.6 Å². The van der Waals surface area contributed by atoms with Crippen molar-refractivity contribution in [1.82, 2.24) is 10.2 Å². The summed E-state index contributed by atoms with van der Waals surface area (Å²) in [7, 11) is 2.90. The highest BCUT2D eigenvalue weighted by atomic mass is 35.5. The van der Waals surface area contributed by atoms with Gasteiger partial charge in [0.1, 0.15) is 0 Å². The van der Waals surface area contributed by atoms with E-state index in [1.165, 1.54) is 12.0 Å². The first-order valence-corrected chi connectivity index (χ1v) is 6.43. The quantitative estimate of drug-likeness (QED) is 0.853. The third-order valence-corrected chi connectivity index (χ3v) is 3.72. The summed E-state index contributed by atoms with van der Waals surface area (Å²) < 4.78 is 4.82. The predicted octanol–water partition coefficient (Wildman–Crippen LogP) is 2.48. The zero-order valence-electron chi connectivity index (χ0n) is 11.4. The first-order chi connectivity index (χ1) is 9.47. The number of allylic oxidation sites excluding steroid dienone is 1. The lowest BCUT2D eigenvalue weighted by Crippen LogP contribution is -2.46. The molecule has 5 nitrogen and oxygen atoms in total. The van der Waals surface area contributed by atoms with Crippen LogP contribution in [0.3, 0.4) is 0 Å². The number of carbonyl (C=O) groups excluding carboxylic acids is 2.